The summed E-state index contributed by atoms with van der Waals surface area (Å²) in [5.41, 5.74) is 1.79. The lowest BCUT2D eigenvalue weighted by Crippen LogP contribution is -2.30. The number of hydrogen-bond donors (Lipinski definition) is 1. The average molecular weight is 546 g/mol. The highest BCUT2D eigenvalue weighted by molar-refractivity contribution is 9.10. The molecule has 1 N–H and O–H groups in total. The van der Waals surface area contributed by atoms with Crippen molar-refractivity contribution < 1.29 is 23.5 Å². The zero-order valence-corrected chi connectivity index (χ0v) is 20.3. The summed E-state index contributed by atoms with van der Waals surface area (Å²) in [5.74, 6) is 0.0545. The molecule has 0 unspecified atom stereocenters. The molecule has 3 aromatic carbocycles. The van der Waals surface area contributed by atoms with E-state index in [9.17, 15) is 14.0 Å². The Bertz CT molecular complexity index is 1280. The Balaban J connectivity index is 1.60. The molecule has 1 saturated heterocycles. The molecule has 0 aliphatic carbocycles. The second-order valence-corrected chi connectivity index (χ2v) is 8.57. The van der Waals surface area contributed by atoms with Gasteiger partial charge < -0.3 is 14.8 Å². The first kappa shape index (κ1) is 23.8. The van der Waals surface area contributed by atoms with Gasteiger partial charge in [0.1, 0.15) is 18.1 Å². The molecule has 0 atom stereocenters. The van der Waals surface area contributed by atoms with Gasteiger partial charge >= 0.3 is 6.03 Å². The monoisotopic (exact) mass is 544 g/mol. The van der Waals surface area contributed by atoms with E-state index in [2.05, 4.69) is 21.2 Å². The number of imide groups is 1. The molecule has 9 heteroatoms. The molecular formula is C25H19BrClFN2O4. The first-order valence-electron chi connectivity index (χ1n) is 10.3. The van der Waals surface area contributed by atoms with Crippen LogP contribution in [0.15, 0.2) is 70.8 Å². The fraction of sp³-hybridized carbons (Fsp3) is 0.120. The maximum Gasteiger partial charge on any atom is 0.333 e. The predicted octanol–water partition coefficient (Wildman–Crippen LogP) is 6.32. The van der Waals surface area contributed by atoms with E-state index in [0.717, 1.165) is 4.90 Å². The molecule has 0 aromatic heterocycles. The van der Waals surface area contributed by atoms with E-state index in [1.54, 1.807) is 54.6 Å². The summed E-state index contributed by atoms with van der Waals surface area (Å²) in [5, 5.41) is 3.10. The van der Waals surface area contributed by atoms with Gasteiger partial charge in [-0.25, -0.2) is 14.1 Å². The van der Waals surface area contributed by atoms with Gasteiger partial charge in [-0.2, -0.15) is 0 Å². The molecule has 3 amide bonds. The number of halogens is 3. The Morgan fingerprint density at radius 1 is 1.06 bits per heavy atom. The van der Waals surface area contributed by atoms with E-state index < -0.39 is 11.9 Å². The largest absolute Gasteiger partial charge is 0.490 e. The number of urea groups is 1. The van der Waals surface area contributed by atoms with Crippen LogP contribution in [0, 0.1) is 5.82 Å². The topological polar surface area (TPSA) is 67.9 Å². The van der Waals surface area contributed by atoms with Crippen LogP contribution in [0.3, 0.4) is 0 Å². The molecule has 0 bridgehead atoms. The fourth-order valence-electron chi connectivity index (χ4n) is 3.35. The van der Waals surface area contributed by atoms with Crippen LogP contribution >= 0.6 is 27.5 Å². The zero-order chi connectivity index (χ0) is 24.2. The van der Waals surface area contributed by atoms with Crippen LogP contribution in [0.2, 0.25) is 5.02 Å². The SMILES string of the molecule is CCOc1cc(/C=C2/NC(=O)N(c3ccc(Cl)cc3)C2=O)c(Br)cc1OCc1cccc(F)c1. The van der Waals surface area contributed by atoms with Crippen LogP contribution < -0.4 is 19.7 Å². The Kier molecular flexibility index (Phi) is 7.19. The second-order valence-electron chi connectivity index (χ2n) is 7.28. The van der Waals surface area contributed by atoms with E-state index >= 15 is 0 Å². The van der Waals surface area contributed by atoms with Crippen molar-refractivity contribution in [1.29, 1.82) is 0 Å². The highest BCUT2D eigenvalue weighted by Crippen LogP contribution is 2.36. The van der Waals surface area contributed by atoms with Gasteiger partial charge in [-0.1, -0.05) is 39.7 Å². The molecule has 1 aliphatic rings. The minimum Gasteiger partial charge on any atom is -0.490 e. The van der Waals surface area contributed by atoms with Crippen LogP contribution in [0.25, 0.3) is 6.08 Å². The van der Waals surface area contributed by atoms with Crippen molar-refractivity contribution in [3.8, 4) is 11.5 Å². The number of amides is 3. The smallest absolute Gasteiger partial charge is 0.333 e. The van der Waals surface area contributed by atoms with E-state index in [0.29, 0.717) is 44.4 Å². The molecule has 1 fully saturated rings. The van der Waals surface area contributed by atoms with Gasteiger partial charge in [0.15, 0.2) is 11.5 Å². The number of ether oxygens (including phenoxy) is 2. The lowest BCUT2D eigenvalue weighted by molar-refractivity contribution is -0.113. The number of nitrogens with zero attached hydrogens (tertiary/aromatic N) is 1. The highest BCUT2D eigenvalue weighted by Gasteiger charge is 2.35. The van der Waals surface area contributed by atoms with E-state index in [1.165, 1.54) is 12.1 Å². The van der Waals surface area contributed by atoms with Gasteiger partial charge in [0.2, 0.25) is 0 Å². The maximum atomic E-state index is 13.5. The van der Waals surface area contributed by atoms with E-state index in [-0.39, 0.29) is 18.1 Å². The molecule has 3 aromatic rings. The maximum absolute atomic E-state index is 13.5. The van der Waals surface area contributed by atoms with Gasteiger partial charge in [0.05, 0.1) is 12.3 Å². The molecule has 1 aliphatic heterocycles. The van der Waals surface area contributed by atoms with Crippen LogP contribution in [0.5, 0.6) is 11.5 Å². The van der Waals surface area contributed by atoms with E-state index in [1.807, 2.05) is 6.92 Å². The van der Waals surface area contributed by atoms with Crippen molar-refractivity contribution in [2.75, 3.05) is 11.5 Å². The minimum atomic E-state index is -0.560. The molecule has 6 nitrogen and oxygen atoms in total. The van der Waals surface area contributed by atoms with Gasteiger partial charge in [0, 0.05) is 9.50 Å². The minimum absolute atomic E-state index is 0.108. The summed E-state index contributed by atoms with van der Waals surface area (Å²) in [6.45, 7) is 2.37. The first-order chi connectivity index (χ1) is 16.4. The van der Waals surface area contributed by atoms with Crippen molar-refractivity contribution in [2.24, 2.45) is 0 Å². The molecule has 174 valence electrons. The number of carbonyl (C=O) groups is 2. The summed E-state index contributed by atoms with van der Waals surface area (Å²) >= 11 is 9.39. The summed E-state index contributed by atoms with van der Waals surface area (Å²) < 4.78 is 25.6. The van der Waals surface area contributed by atoms with Gasteiger partial charge in [-0.3, -0.25) is 4.79 Å². The molecule has 0 radical (unpaired) electrons. The molecule has 1 heterocycles. The van der Waals surface area contributed by atoms with Crippen LogP contribution in [0.1, 0.15) is 18.1 Å². The lowest BCUT2D eigenvalue weighted by atomic mass is 10.1. The van der Waals surface area contributed by atoms with Crippen LogP contribution in [-0.4, -0.2) is 18.5 Å². The number of hydrogen-bond acceptors (Lipinski definition) is 4. The summed E-state index contributed by atoms with van der Waals surface area (Å²) in [4.78, 5) is 26.4. The average Bonchev–Trinajstić information content (AvgIpc) is 3.08. The van der Waals surface area contributed by atoms with Gasteiger partial charge in [0.25, 0.3) is 5.91 Å². The van der Waals surface area contributed by atoms with Gasteiger partial charge in [-0.15, -0.1) is 0 Å². The molecule has 4 rings (SSSR count). The quantitative estimate of drug-likeness (QED) is 0.279. The van der Waals surface area contributed by atoms with Gasteiger partial charge in [-0.05, 0) is 72.7 Å². The first-order valence-corrected chi connectivity index (χ1v) is 11.5. The fourth-order valence-corrected chi connectivity index (χ4v) is 3.91. The standard InChI is InChI=1S/C25H19BrClFN2O4/c1-2-33-22-12-16(20(26)13-23(22)34-14-15-4-3-5-18(28)10-15)11-21-24(31)30(25(32)29-21)19-8-6-17(27)7-9-19/h3-13H,2,14H2,1H3,(H,29,32)/b21-11+. The predicted molar refractivity (Wildman–Crippen MR) is 131 cm³/mol. The van der Waals surface area contributed by atoms with Crippen LogP contribution in [0.4, 0.5) is 14.9 Å². The van der Waals surface area contributed by atoms with Crippen molar-refractivity contribution in [1.82, 2.24) is 5.32 Å². The van der Waals surface area contributed by atoms with Crippen LogP contribution in [-0.2, 0) is 11.4 Å². The summed E-state index contributed by atoms with van der Waals surface area (Å²) in [6.07, 6.45) is 1.55. The number of carbonyl (C=O) groups excluding carboxylic acids is 2. The Morgan fingerprint density at radius 3 is 2.50 bits per heavy atom. The molecule has 34 heavy (non-hydrogen) atoms. The molecule has 0 spiro atoms. The van der Waals surface area contributed by atoms with E-state index in [4.69, 9.17) is 21.1 Å². The third-order valence-corrected chi connectivity index (χ3v) is 5.85. The van der Waals surface area contributed by atoms with Crippen molar-refractivity contribution >= 4 is 51.2 Å². The number of benzene rings is 3. The third kappa shape index (κ3) is 5.24. The molecular weight excluding hydrogens is 527 g/mol. The van der Waals surface area contributed by atoms with Crippen molar-refractivity contribution in [2.45, 2.75) is 13.5 Å². The Labute approximate surface area is 209 Å². The second kappa shape index (κ2) is 10.3. The number of nitrogens with one attached hydrogen (secondary N) is 1. The normalized spacial score (nSPS) is 14.5. The molecule has 0 saturated carbocycles. The van der Waals surface area contributed by atoms with Crippen molar-refractivity contribution in [3.05, 3.63) is 92.8 Å². The number of rotatable bonds is 7. The lowest BCUT2D eigenvalue weighted by Gasteiger charge is -2.14. The zero-order valence-electron chi connectivity index (χ0n) is 18.0. The summed E-state index contributed by atoms with van der Waals surface area (Å²) in [7, 11) is 0. The Hall–Kier alpha value is -3.36. The Morgan fingerprint density at radius 2 is 1.79 bits per heavy atom. The van der Waals surface area contributed by atoms with Crippen molar-refractivity contribution in [3.63, 3.8) is 0 Å². The number of anilines is 1. The third-order valence-electron chi connectivity index (χ3n) is 4.91. The summed E-state index contributed by atoms with van der Waals surface area (Å²) in [6, 6.07) is 15.4. The highest BCUT2D eigenvalue weighted by atomic mass is 79.9.